The second kappa shape index (κ2) is 5.56. The first-order valence-electron chi connectivity index (χ1n) is 4.87. The topological polar surface area (TPSA) is 75.5 Å². The summed E-state index contributed by atoms with van der Waals surface area (Å²) >= 11 is 1.31. The monoisotopic (exact) mass is 222 g/mol. The van der Waals surface area contributed by atoms with Crippen molar-refractivity contribution in [1.29, 1.82) is 5.41 Å². The van der Waals surface area contributed by atoms with E-state index in [0.29, 0.717) is 10.7 Å². The summed E-state index contributed by atoms with van der Waals surface area (Å²) in [5, 5.41) is 14.8. The van der Waals surface area contributed by atoms with E-state index >= 15 is 0 Å². The molecule has 3 nitrogen and oxygen atoms in total. The molecule has 5 N–H and O–H groups in total. The maximum atomic E-state index is 7.84. The minimum absolute atomic E-state index is 0.452. The lowest BCUT2D eigenvalue weighted by Crippen LogP contribution is -2.38. The number of rotatable bonds is 3. The van der Waals surface area contributed by atoms with E-state index in [0.717, 1.165) is 23.4 Å². The zero-order chi connectivity index (χ0) is 11.3. The number of hydrogen-bond donors (Lipinski definition) is 3. The van der Waals surface area contributed by atoms with Crippen LogP contribution in [0.15, 0.2) is 24.3 Å². The molecule has 0 radical (unpaired) electrons. The summed E-state index contributed by atoms with van der Waals surface area (Å²) in [7, 11) is 0. The number of thioether (sulfide) groups is 1. The van der Waals surface area contributed by atoms with Gasteiger partial charge in [0.25, 0.3) is 0 Å². The van der Waals surface area contributed by atoms with E-state index in [1.165, 1.54) is 11.8 Å². The van der Waals surface area contributed by atoms with Gasteiger partial charge in [-0.05, 0) is 30.3 Å². The van der Waals surface area contributed by atoms with Crippen molar-refractivity contribution >= 4 is 27.5 Å². The van der Waals surface area contributed by atoms with Crippen LogP contribution < -0.4 is 11.1 Å². The molecule has 0 amide bonds. The van der Waals surface area contributed by atoms with Crippen LogP contribution >= 0.6 is 11.8 Å². The van der Waals surface area contributed by atoms with Crippen LogP contribution in [0, 0.1) is 5.41 Å². The molecule has 0 aliphatic heterocycles. The van der Waals surface area contributed by atoms with Crippen molar-refractivity contribution in [2.45, 2.75) is 19.8 Å². The minimum Gasteiger partial charge on any atom is -0.399 e. The molecule has 0 saturated carbocycles. The van der Waals surface area contributed by atoms with Crippen LogP contribution in [0.4, 0.5) is 5.69 Å². The van der Waals surface area contributed by atoms with Gasteiger partial charge in [-0.25, -0.2) is 0 Å². The van der Waals surface area contributed by atoms with Crippen LogP contribution in [0.5, 0.6) is 0 Å². The highest BCUT2D eigenvalue weighted by atomic mass is 32.2. The molecular weight excluding hydrogens is 206 g/mol. The van der Waals surface area contributed by atoms with Crippen LogP contribution in [0.1, 0.15) is 25.3 Å². The van der Waals surface area contributed by atoms with Crippen LogP contribution in [0.2, 0.25) is 0 Å². The van der Waals surface area contributed by atoms with E-state index < -0.39 is 0 Å². The number of hydrogen-bond acceptors (Lipinski definition) is 3. The van der Waals surface area contributed by atoms with Crippen molar-refractivity contribution in [3.63, 3.8) is 0 Å². The fourth-order valence-corrected chi connectivity index (χ4v) is 1.98. The fraction of sp³-hybridized carbons (Fsp3) is 0.273. The first-order valence-corrected chi connectivity index (χ1v) is 5.68. The summed E-state index contributed by atoms with van der Waals surface area (Å²) in [5.74, 6) is 0. The first-order chi connectivity index (χ1) is 7.13. The zero-order valence-electron chi connectivity index (χ0n) is 8.79. The normalized spacial score (nSPS) is 9.93. The van der Waals surface area contributed by atoms with Gasteiger partial charge in [0.2, 0.25) is 5.04 Å². The van der Waals surface area contributed by atoms with Crippen LogP contribution in [0.3, 0.4) is 0 Å². The van der Waals surface area contributed by atoms with E-state index in [1.54, 1.807) is 12.1 Å². The van der Waals surface area contributed by atoms with Gasteiger partial charge in [-0.3, -0.25) is 10.8 Å². The van der Waals surface area contributed by atoms with Gasteiger partial charge in [0.15, 0.2) is 0 Å². The lowest BCUT2D eigenvalue weighted by Gasteiger charge is -2.02. The van der Waals surface area contributed by atoms with Crippen molar-refractivity contribution in [3.05, 3.63) is 29.8 Å². The highest BCUT2D eigenvalue weighted by Crippen LogP contribution is 2.16. The van der Waals surface area contributed by atoms with Crippen LogP contribution in [-0.2, 0) is 0 Å². The third-order valence-electron chi connectivity index (χ3n) is 1.88. The Hall–Kier alpha value is -1.29. The summed E-state index contributed by atoms with van der Waals surface area (Å²) in [5.41, 5.74) is 7.13. The molecule has 0 aliphatic rings. The summed E-state index contributed by atoms with van der Waals surface area (Å²) in [6, 6.07) is 7.30. The van der Waals surface area contributed by atoms with Gasteiger partial charge in [-0.1, -0.05) is 19.1 Å². The Kier molecular flexibility index (Phi) is 4.37. The summed E-state index contributed by atoms with van der Waals surface area (Å²) in [6.07, 6.45) is 1.85. The molecule has 4 heteroatoms. The number of anilines is 1. The average molecular weight is 222 g/mol. The molecule has 0 aliphatic carbocycles. The lowest BCUT2D eigenvalue weighted by atomic mass is 10.2. The molecule has 1 aromatic rings. The van der Waals surface area contributed by atoms with E-state index in [9.17, 15) is 0 Å². The molecule has 15 heavy (non-hydrogen) atoms. The summed E-state index contributed by atoms with van der Waals surface area (Å²) in [6.45, 7) is 2.07. The second-order valence-electron chi connectivity index (χ2n) is 3.27. The van der Waals surface area contributed by atoms with Crippen molar-refractivity contribution < 1.29 is 5.41 Å². The minimum atomic E-state index is 0.452. The quantitative estimate of drug-likeness (QED) is 0.409. The molecule has 0 bridgehead atoms. The van der Waals surface area contributed by atoms with Crippen molar-refractivity contribution in [2.24, 2.45) is 0 Å². The smallest absolute Gasteiger partial charge is 0.213 e. The maximum absolute atomic E-state index is 7.84. The number of benzene rings is 1. The Balaban J connectivity index is 2.65. The predicted molar refractivity (Wildman–Crippen MR) is 67.1 cm³/mol. The predicted octanol–water partition coefficient (Wildman–Crippen LogP) is 1.29. The molecule has 0 saturated heterocycles. The Morgan fingerprint density at radius 1 is 1.53 bits per heavy atom. The van der Waals surface area contributed by atoms with Gasteiger partial charge < -0.3 is 5.73 Å². The Labute approximate surface area is 94.1 Å². The SMILES string of the molecule is CCCC(=[NH2+])SC(=N)c1cccc(N)c1. The maximum Gasteiger partial charge on any atom is 0.213 e. The van der Waals surface area contributed by atoms with Crippen molar-refractivity contribution in [3.8, 4) is 0 Å². The molecule has 1 rings (SSSR count). The number of nitrogens with two attached hydrogens (primary N) is 2. The summed E-state index contributed by atoms with van der Waals surface area (Å²) < 4.78 is 0. The molecule has 1 aromatic carbocycles. The van der Waals surface area contributed by atoms with Gasteiger partial charge in [0.05, 0.1) is 0 Å². The van der Waals surface area contributed by atoms with E-state index in [1.807, 2.05) is 12.1 Å². The second-order valence-corrected chi connectivity index (χ2v) is 4.41. The largest absolute Gasteiger partial charge is 0.399 e. The van der Waals surface area contributed by atoms with Gasteiger partial charge in [0.1, 0.15) is 5.04 Å². The Morgan fingerprint density at radius 3 is 2.87 bits per heavy atom. The van der Waals surface area contributed by atoms with E-state index in [4.69, 9.17) is 16.6 Å². The van der Waals surface area contributed by atoms with Crippen molar-refractivity contribution in [1.82, 2.24) is 0 Å². The average Bonchev–Trinajstić information content (AvgIpc) is 2.18. The molecule has 0 unspecified atom stereocenters. The first kappa shape index (κ1) is 11.8. The Morgan fingerprint density at radius 2 is 2.27 bits per heavy atom. The molecule has 0 aromatic heterocycles. The molecule has 0 spiro atoms. The highest BCUT2D eigenvalue weighted by Gasteiger charge is 2.09. The molecular formula is C11H16N3S+. The molecule has 0 atom stereocenters. The van der Waals surface area contributed by atoms with Crippen LogP contribution in [-0.4, -0.2) is 10.1 Å². The Bertz CT molecular complexity index is 374. The third kappa shape index (κ3) is 3.75. The standard InChI is InChI=1S/C11H15N3S/c1-2-4-10(13)15-11(14)8-5-3-6-9(12)7-8/h3,5-7,13-14H,2,4,12H2,1H3/p+1. The lowest BCUT2D eigenvalue weighted by molar-refractivity contribution is -0.110. The number of nitrogen functional groups attached to an aromatic ring is 1. The summed E-state index contributed by atoms with van der Waals surface area (Å²) in [4.78, 5) is 0. The van der Waals surface area contributed by atoms with E-state index in [-0.39, 0.29) is 0 Å². The van der Waals surface area contributed by atoms with Gasteiger partial charge in [0, 0.05) is 17.7 Å². The third-order valence-corrected chi connectivity index (χ3v) is 2.78. The van der Waals surface area contributed by atoms with Gasteiger partial charge in [-0.2, -0.15) is 0 Å². The van der Waals surface area contributed by atoms with Gasteiger partial charge >= 0.3 is 0 Å². The highest BCUT2D eigenvalue weighted by molar-refractivity contribution is 8.26. The van der Waals surface area contributed by atoms with Crippen LogP contribution in [0.25, 0.3) is 0 Å². The van der Waals surface area contributed by atoms with Gasteiger partial charge in [-0.15, -0.1) is 0 Å². The molecule has 0 fully saturated rings. The fourth-order valence-electron chi connectivity index (χ4n) is 1.17. The van der Waals surface area contributed by atoms with E-state index in [2.05, 4.69) is 6.92 Å². The zero-order valence-corrected chi connectivity index (χ0v) is 9.60. The number of nitrogens with one attached hydrogen (secondary N) is 1. The molecule has 0 heterocycles. The molecule has 80 valence electrons. The van der Waals surface area contributed by atoms with Crippen molar-refractivity contribution in [2.75, 3.05) is 5.73 Å².